The zero-order chi connectivity index (χ0) is 21.6. The Labute approximate surface area is 178 Å². The van der Waals surface area contributed by atoms with Crippen LogP contribution in [0.25, 0.3) is 0 Å². The molecule has 0 aromatic heterocycles. The lowest BCUT2D eigenvalue weighted by molar-refractivity contribution is -0.130. The van der Waals surface area contributed by atoms with Crippen molar-refractivity contribution < 1.29 is 13.2 Å². The molecule has 0 heterocycles. The molecule has 3 aromatic carbocycles. The fourth-order valence-corrected chi connectivity index (χ4v) is 4.09. The van der Waals surface area contributed by atoms with E-state index in [9.17, 15) is 13.2 Å². The Bertz CT molecular complexity index is 1040. The van der Waals surface area contributed by atoms with E-state index in [4.69, 9.17) is 0 Å². The molecule has 3 aromatic rings. The van der Waals surface area contributed by atoms with Crippen molar-refractivity contribution in [2.75, 3.05) is 17.1 Å². The van der Waals surface area contributed by atoms with Crippen LogP contribution < -0.4 is 4.31 Å². The lowest BCUT2D eigenvalue weighted by Crippen LogP contribution is -2.42. The Hall–Kier alpha value is -3.12. The van der Waals surface area contributed by atoms with Crippen LogP contribution in [-0.4, -0.2) is 32.0 Å². The molecule has 0 fully saturated rings. The van der Waals surface area contributed by atoms with Gasteiger partial charge >= 0.3 is 0 Å². The molecule has 0 saturated heterocycles. The Kier molecular flexibility index (Phi) is 6.90. The summed E-state index contributed by atoms with van der Waals surface area (Å²) in [5.74, 6) is -0.255. The number of amides is 1. The van der Waals surface area contributed by atoms with Gasteiger partial charge in [-0.25, -0.2) is 8.42 Å². The molecule has 0 spiro atoms. The minimum Gasteiger partial charge on any atom is -0.332 e. The van der Waals surface area contributed by atoms with Crippen molar-refractivity contribution in [3.8, 4) is 0 Å². The van der Waals surface area contributed by atoms with Crippen LogP contribution in [-0.2, 0) is 27.9 Å². The molecule has 156 valence electrons. The summed E-state index contributed by atoms with van der Waals surface area (Å²) in [4.78, 5) is 15.0. The summed E-state index contributed by atoms with van der Waals surface area (Å²) in [5.41, 5.74) is 3.40. The van der Waals surface area contributed by atoms with E-state index in [1.807, 2.05) is 73.7 Å². The fraction of sp³-hybridized carbons (Fsp3) is 0.208. The number of hydrogen-bond acceptors (Lipinski definition) is 3. The van der Waals surface area contributed by atoms with E-state index in [1.165, 1.54) is 4.31 Å². The van der Waals surface area contributed by atoms with Gasteiger partial charge in [0.2, 0.25) is 15.9 Å². The van der Waals surface area contributed by atoms with Crippen molar-refractivity contribution in [1.82, 2.24) is 4.90 Å². The first-order valence-corrected chi connectivity index (χ1v) is 11.6. The highest BCUT2D eigenvalue weighted by molar-refractivity contribution is 7.92. The van der Waals surface area contributed by atoms with Gasteiger partial charge < -0.3 is 4.90 Å². The smallest absolute Gasteiger partial charge is 0.243 e. The van der Waals surface area contributed by atoms with Gasteiger partial charge in [0.05, 0.1) is 11.9 Å². The van der Waals surface area contributed by atoms with E-state index < -0.39 is 10.0 Å². The maximum Gasteiger partial charge on any atom is 0.243 e. The number of carbonyl (C=O) groups excluding carboxylic acids is 1. The standard InChI is InChI=1S/C24H26N2O3S/c1-20-10-9-15-23(16-20)26(30(2,28)29)19-24(27)25(17-21-11-5-3-6-12-21)18-22-13-7-4-8-14-22/h3-16H,17-19H2,1-2H3. The molecule has 0 aliphatic carbocycles. The van der Waals surface area contributed by atoms with Crippen molar-refractivity contribution in [3.63, 3.8) is 0 Å². The SMILES string of the molecule is Cc1cccc(N(CC(=O)N(Cc2ccccc2)Cc2ccccc2)S(C)(=O)=O)c1. The molecule has 3 rings (SSSR count). The number of nitrogens with zero attached hydrogens (tertiary/aromatic N) is 2. The Balaban J connectivity index is 1.88. The quantitative estimate of drug-likeness (QED) is 0.552. The Morgan fingerprint density at radius 3 is 1.80 bits per heavy atom. The van der Waals surface area contributed by atoms with Crippen LogP contribution in [0.1, 0.15) is 16.7 Å². The van der Waals surface area contributed by atoms with Gasteiger partial charge in [0.15, 0.2) is 0 Å². The first kappa shape index (κ1) is 21.6. The van der Waals surface area contributed by atoms with Gasteiger partial charge in [-0.3, -0.25) is 9.10 Å². The largest absolute Gasteiger partial charge is 0.332 e. The molecule has 0 aliphatic heterocycles. The van der Waals surface area contributed by atoms with Crippen LogP contribution in [0, 0.1) is 6.92 Å². The zero-order valence-corrected chi connectivity index (χ0v) is 18.0. The second-order valence-electron chi connectivity index (χ2n) is 7.33. The highest BCUT2D eigenvalue weighted by Gasteiger charge is 2.24. The molecule has 0 unspecified atom stereocenters. The Morgan fingerprint density at radius 1 is 0.800 bits per heavy atom. The minimum atomic E-state index is -3.62. The number of carbonyl (C=O) groups is 1. The number of aryl methyl sites for hydroxylation is 1. The van der Waals surface area contributed by atoms with E-state index in [2.05, 4.69) is 0 Å². The highest BCUT2D eigenvalue weighted by atomic mass is 32.2. The average Bonchev–Trinajstić information content (AvgIpc) is 2.72. The summed E-state index contributed by atoms with van der Waals surface area (Å²) in [6, 6.07) is 26.6. The minimum absolute atomic E-state index is 0.248. The van der Waals surface area contributed by atoms with Gasteiger partial charge in [-0.2, -0.15) is 0 Å². The third kappa shape index (κ3) is 5.94. The van der Waals surface area contributed by atoms with Crippen molar-refractivity contribution in [2.24, 2.45) is 0 Å². The molecule has 0 atom stereocenters. The lowest BCUT2D eigenvalue weighted by atomic mass is 10.1. The fourth-order valence-electron chi connectivity index (χ4n) is 3.25. The second kappa shape index (κ2) is 9.59. The maximum absolute atomic E-state index is 13.3. The third-order valence-corrected chi connectivity index (χ3v) is 5.89. The number of rotatable bonds is 8. The predicted molar refractivity (Wildman–Crippen MR) is 121 cm³/mol. The van der Waals surface area contributed by atoms with Crippen LogP contribution in [0.3, 0.4) is 0 Å². The van der Waals surface area contributed by atoms with E-state index in [0.717, 1.165) is 22.9 Å². The second-order valence-corrected chi connectivity index (χ2v) is 9.24. The molecule has 0 radical (unpaired) electrons. The molecule has 30 heavy (non-hydrogen) atoms. The molecular weight excluding hydrogens is 396 g/mol. The summed E-state index contributed by atoms with van der Waals surface area (Å²) in [6.07, 6.45) is 1.13. The summed E-state index contributed by atoms with van der Waals surface area (Å²) < 4.78 is 26.1. The van der Waals surface area contributed by atoms with Crippen LogP contribution in [0.4, 0.5) is 5.69 Å². The van der Waals surface area contributed by atoms with Gasteiger partial charge in [-0.15, -0.1) is 0 Å². The number of anilines is 1. The Morgan fingerprint density at radius 2 is 1.33 bits per heavy atom. The molecule has 0 saturated carbocycles. The van der Waals surface area contributed by atoms with E-state index in [-0.39, 0.29) is 12.5 Å². The van der Waals surface area contributed by atoms with Gasteiger partial charge in [0.25, 0.3) is 0 Å². The summed E-state index contributed by atoms with van der Waals surface area (Å²) in [5, 5.41) is 0. The summed E-state index contributed by atoms with van der Waals surface area (Å²) in [7, 11) is -3.62. The third-order valence-electron chi connectivity index (χ3n) is 4.75. The molecule has 5 nitrogen and oxygen atoms in total. The normalized spacial score (nSPS) is 11.1. The van der Waals surface area contributed by atoms with Gasteiger partial charge in [-0.1, -0.05) is 72.8 Å². The van der Waals surface area contributed by atoms with E-state index in [0.29, 0.717) is 18.8 Å². The zero-order valence-electron chi connectivity index (χ0n) is 17.2. The van der Waals surface area contributed by atoms with E-state index in [1.54, 1.807) is 23.1 Å². The first-order valence-electron chi connectivity index (χ1n) is 9.73. The van der Waals surface area contributed by atoms with Gasteiger partial charge in [0, 0.05) is 13.1 Å². The molecule has 0 bridgehead atoms. The van der Waals surface area contributed by atoms with E-state index >= 15 is 0 Å². The van der Waals surface area contributed by atoms with Crippen molar-refractivity contribution in [3.05, 3.63) is 102 Å². The number of hydrogen-bond donors (Lipinski definition) is 0. The molecule has 6 heteroatoms. The topological polar surface area (TPSA) is 57.7 Å². The van der Waals surface area contributed by atoms with Gasteiger partial charge in [0.1, 0.15) is 6.54 Å². The van der Waals surface area contributed by atoms with Crippen molar-refractivity contribution in [2.45, 2.75) is 20.0 Å². The summed E-state index contributed by atoms with van der Waals surface area (Å²) in [6.45, 7) is 2.45. The van der Waals surface area contributed by atoms with Crippen LogP contribution in [0.5, 0.6) is 0 Å². The molecular formula is C24H26N2O3S. The average molecular weight is 423 g/mol. The van der Waals surface area contributed by atoms with Gasteiger partial charge in [-0.05, 0) is 35.7 Å². The summed E-state index contributed by atoms with van der Waals surface area (Å²) >= 11 is 0. The van der Waals surface area contributed by atoms with Crippen LogP contribution >= 0.6 is 0 Å². The molecule has 0 N–H and O–H groups in total. The van der Waals surface area contributed by atoms with Crippen molar-refractivity contribution in [1.29, 1.82) is 0 Å². The predicted octanol–water partition coefficient (Wildman–Crippen LogP) is 3.99. The lowest BCUT2D eigenvalue weighted by Gasteiger charge is -2.28. The van der Waals surface area contributed by atoms with Crippen LogP contribution in [0.2, 0.25) is 0 Å². The number of sulfonamides is 1. The van der Waals surface area contributed by atoms with Crippen LogP contribution in [0.15, 0.2) is 84.9 Å². The maximum atomic E-state index is 13.3. The first-order chi connectivity index (χ1) is 14.3. The molecule has 0 aliphatic rings. The molecule has 1 amide bonds. The van der Waals surface area contributed by atoms with Crippen molar-refractivity contribution >= 4 is 21.6 Å². The number of benzene rings is 3. The highest BCUT2D eigenvalue weighted by Crippen LogP contribution is 2.20. The monoisotopic (exact) mass is 422 g/mol.